The summed E-state index contributed by atoms with van der Waals surface area (Å²) >= 11 is 0. The first-order valence-corrected chi connectivity index (χ1v) is 9.85. The van der Waals surface area contributed by atoms with Gasteiger partial charge in [-0.1, -0.05) is 23.8 Å². The highest BCUT2D eigenvalue weighted by molar-refractivity contribution is 5.95. The molecule has 3 aromatic rings. The second kappa shape index (κ2) is 8.31. The highest BCUT2D eigenvalue weighted by atomic mass is 16.2. The third-order valence-corrected chi connectivity index (χ3v) is 5.19. The Morgan fingerprint density at radius 3 is 2.55 bits per heavy atom. The van der Waals surface area contributed by atoms with Gasteiger partial charge in [-0.05, 0) is 43.7 Å². The Hall–Kier alpha value is -3.41. The quantitative estimate of drug-likeness (QED) is 0.738. The maximum atomic E-state index is 13.0. The maximum Gasteiger partial charge on any atom is 0.255 e. The summed E-state index contributed by atoms with van der Waals surface area (Å²) in [4.78, 5) is 25.8. The molecule has 0 atom stereocenters. The SMILES string of the molecule is Cc1ccc(Nc2cncc(C(=O)N3CCN(c4ccccn4)CC3)c2)c(C)c1. The molecule has 0 radical (unpaired) electrons. The molecule has 1 aliphatic rings. The molecule has 3 heterocycles. The number of aromatic nitrogens is 2. The van der Waals surface area contributed by atoms with Crippen molar-refractivity contribution in [1.82, 2.24) is 14.9 Å². The van der Waals surface area contributed by atoms with Gasteiger partial charge in [-0.25, -0.2) is 4.98 Å². The number of pyridine rings is 2. The minimum absolute atomic E-state index is 0.0162. The van der Waals surface area contributed by atoms with Crippen LogP contribution in [0.1, 0.15) is 21.5 Å². The van der Waals surface area contributed by atoms with Crippen LogP contribution in [0.15, 0.2) is 61.1 Å². The molecule has 0 unspecified atom stereocenters. The van der Waals surface area contributed by atoms with Crippen molar-refractivity contribution in [3.63, 3.8) is 0 Å². The van der Waals surface area contributed by atoms with Crippen LogP contribution in [0.5, 0.6) is 0 Å². The number of nitrogens with one attached hydrogen (secondary N) is 1. The van der Waals surface area contributed by atoms with Crippen LogP contribution in [-0.2, 0) is 0 Å². The summed E-state index contributed by atoms with van der Waals surface area (Å²) in [6, 6.07) is 14.0. The Labute approximate surface area is 171 Å². The molecule has 0 saturated carbocycles. The number of aryl methyl sites for hydroxylation is 2. The van der Waals surface area contributed by atoms with Crippen LogP contribution in [0.2, 0.25) is 0 Å². The van der Waals surface area contributed by atoms with Gasteiger partial charge in [0.1, 0.15) is 5.82 Å². The Bertz CT molecular complexity index is 997. The first-order valence-electron chi connectivity index (χ1n) is 9.85. The fraction of sp³-hybridized carbons (Fsp3) is 0.261. The van der Waals surface area contributed by atoms with E-state index in [0.29, 0.717) is 18.7 Å². The van der Waals surface area contributed by atoms with Gasteiger partial charge >= 0.3 is 0 Å². The highest BCUT2D eigenvalue weighted by Crippen LogP contribution is 2.22. The molecule has 6 nitrogen and oxygen atoms in total. The van der Waals surface area contributed by atoms with Crippen molar-refractivity contribution in [3.8, 4) is 0 Å². The molecule has 29 heavy (non-hydrogen) atoms. The molecule has 1 amide bonds. The molecular weight excluding hydrogens is 362 g/mol. The van der Waals surface area contributed by atoms with E-state index in [1.54, 1.807) is 18.6 Å². The highest BCUT2D eigenvalue weighted by Gasteiger charge is 2.23. The molecule has 4 rings (SSSR count). The first-order chi connectivity index (χ1) is 14.1. The molecule has 0 spiro atoms. The minimum atomic E-state index is 0.0162. The molecular formula is C23H25N5O. The number of piperazine rings is 1. The molecule has 0 bridgehead atoms. The zero-order valence-corrected chi connectivity index (χ0v) is 16.8. The van der Waals surface area contributed by atoms with Gasteiger partial charge < -0.3 is 15.1 Å². The van der Waals surface area contributed by atoms with E-state index in [1.807, 2.05) is 29.2 Å². The molecule has 148 valence electrons. The van der Waals surface area contributed by atoms with Crippen LogP contribution in [-0.4, -0.2) is 47.0 Å². The number of rotatable bonds is 4. The summed E-state index contributed by atoms with van der Waals surface area (Å²) in [6.45, 7) is 7.03. The summed E-state index contributed by atoms with van der Waals surface area (Å²) in [5, 5.41) is 3.38. The maximum absolute atomic E-state index is 13.0. The molecule has 1 aliphatic heterocycles. The van der Waals surface area contributed by atoms with Crippen molar-refractivity contribution in [2.24, 2.45) is 0 Å². The van der Waals surface area contributed by atoms with E-state index in [9.17, 15) is 4.79 Å². The molecule has 1 fully saturated rings. The zero-order chi connectivity index (χ0) is 20.2. The number of anilines is 3. The number of nitrogens with zero attached hydrogens (tertiary/aromatic N) is 4. The van der Waals surface area contributed by atoms with Crippen molar-refractivity contribution in [3.05, 3.63) is 77.7 Å². The van der Waals surface area contributed by atoms with Gasteiger partial charge in [-0.3, -0.25) is 9.78 Å². The fourth-order valence-corrected chi connectivity index (χ4v) is 3.60. The summed E-state index contributed by atoms with van der Waals surface area (Å²) in [5.74, 6) is 0.975. The lowest BCUT2D eigenvalue weighted by Gasteiger charge is -2.35. The molecule has 6 heteroatoms. The third kappa shape index (κ3) is 4.37. The topological polar surface area (TPSA) is 61.4 Å². The van der Waals surface area contributed by atoms with Crippen molar-refractivity contribution in [2.75, 3.05) is 36.4 Å². The lowest BCUT2D eigenvalue weighted by atomic mass is 10.1. The van der Waals surface area contributed by atoms with Crippen LogP contribution in [0.4, 0.5) is 17.2 Å². The van der Waals surface area contributed by atoms with Crippen molar-refractivity contribution >= 4 is 23.1 Å². The predicted molar refractivity (Wildman–Crippen MR) is 116 cm³/mol. The van der Waals surface area contributed by atoms with Crippen LogP contribution in [0.25, 0.3) is 0 Å². The Kier molecular flexibility index (Phi) is 5.42. The van der Waals surface area contributed by atoms with Gasteiger partial charge in [-0.15, -0.1) is 0 Å². The molecule has 1 N–H and O–H groups in total. The number of benzene rings is 1. The second-order valence-corrected chi connectivity index (χ2v) is 7.37. The van der Waals surface area contributed by atoms with Gasteiger partial charge in [0.05, 0.1) is 17.4 Å². The smallest absolute Gasteiger partial charge is 0.255 e. The van der Waals surface area contributed by atoms with Crippen molar-refractivity contribution in [1.29, 1.82) is 0 Å². The summed E-state index contributed by atoms with van der Waals surface area (Å²) in [5.41, 5.74) is 4.82. The van der Waals surface area contributed by atoms with Crippen LogP contribution < -0.4 is 10.2 Å². The van der Waals surface area contributed by atoms with E-state index in [2.05, 4.69) is 52.2 Å². The Morgan fingerprint density at radius 1 is 1.00 bits per heavy atom. The van der Waals surface area contributed by atoms with Crippen molar-refractivity contribution < 1.29 is 4.79 Å². The van der Waals surface area contributed by atoms with E-state index >= 15 is 0 Å². The lowest BCUT2D eigenvalue weighted by Crippen LogP contribution is -2.49. The van der Waals surface area contributed by atoms with Crippen LogP contribution in [0.3, 0.4) is 0 Å². The van der Waals surface area contributed by atoms with Gasteiger partial charge in [0.2, 0.25) is 0 Å². The first kappa shape index (κ1) is 18.9. The average molecular weight is 387 g/mol. The summed E-state index contributed by atoms with van der Waals surface area (Å²) in [6.07, 6.45) is 5.18. The van der Waals surface area contributed by atoms with Crippen molar-refractivity contribution in [2.45, 2.75) is 13.8 Å². The molecule has 0 aliphatic carbocycles. The summed E-state index contributed by atoms with van der Waals surface area (Å²) < 4.78 is 0. The summed E-state index contributed by atoms with van der Waals surface area (Å²) in [7, 11) is 0. The van der Waals surface area contributed by atoms with E-state index in [4.69, 9.17) is 0 Å². The van der Waals surface area contributed by atoms with E-state index in [1.165, 1.54) is 5.56 Å². The van der Waals surface area contributed by atoms with Crippen LogP contribution >= 0.6 is 0 Å². The van der Waals surface area contributed by atoms with E-state index in [0.717, 1.165) is 35.8 Å². The lowest BCUT2D eigenvalue weighted by molar-refractivity contribution is 0.0746. The molecule has 1 saturated heterocycles. The van der Waals surface area contributed by atoms with Gasteiger partial charge in [0, 0.05) is 44.3 Å². The van der Waals surface area contributed by atoms with E-state index < -0.39 is 0 Å². The number of amides is 1. The third-order valence-electron chi connectivity index (χ3n) is 5.19. The van der Waals surface area contributed by atoms with Gasteiger partial charge in [0.25, 0.3) is 5.91 Å². The molecule has 1 aromatic carbocycles. The number of carbonyl (C=O) groups is 1. The van der Waals surface area contributed by atoms with E-state index in [-0.39, 0.29) is 5.91 Å². The zero-order valence-electron chi connectivity index (χ0n) is 16.8. The molecule has 2 aromatic heterocycles. The standard InChI is InChI=1S/C23H25N5O/c1-17-6-7-21(18(2)13-17)26-20-14-19(15-24-16-20)23(29)28-11-9-27(10-12-28)22-5-3-4-8-25-22/h3-8,13-16,26H,9-12H2,1-2H3. The largest absolute Gasteiger partial charge is 0.354 e. The fourth-order valence-electron chi connectivity index (χ4n) is 3.60. The van der Waals surface area contributed by atoms with Gasteiger partial charge in [-0.2, -0.15) is 0 Å². The normalized spacial score (nSPS) is 14.0. The number of hydrogen-bond acceptors (Lipinski definition) is 5. The average Bonchev–Trinajstić information content (AvgIpc) is 2.76. The minimum Gasteiger partial charge on any atom is -0.354 e. The Balaban J connectivity index is 1.42. The van der Waals surface area contributed by atoms with Gasteiger partial charge in [0.15, 0.2) is 0 Å². The number of carbonyl (C=O) groups excluding carboxylic acids is 1. The Morgan fingerprint density at radius 2 is 1.83 bits per heavy atom. The second-order valence-electron chi connectivity index (χ2n) is 7.37. The monoisotopic (exact) mass is 387 g/mol. The predicted octanol–water partition coefficient (Wildman–Crippen LogP) is 3.80. The number of hydrogen-bond donors (Lipinski definition) is 1. The van der Waals surface area contributed by atoms with Crippen LogP contribution in [0, 0.1) is 13.8 Å².